The Kier molecular flexibility index (Phi) is 7.29. The highest BCUT2D eigenvalue weighted by Crippen LogP contribution is 2.55. The fraction of sp³-hybridized carbons (Fsp3) is 0.100. The number of hydrogen-bond donors (Lipinski definition) is 0. The molecule has 0 unspecified atom stereocenters. The topological polar surface area (TPSA) is 38.7 Å². The highest BCUT2D eigenvalue weighted by molar-refractivity contribution is 5.92. The summed E-state index contributed by atoms with van der Waals surface area (Å²) in [6.07, 6.45) is 2.22. The minimum atomic E-state index is -0.0968. The predicted octanol–water partition coefficient (Wildman–Crippen LogP) is 12.3. The van der Waals surface area contributed by atoms with Crippen LogP contribution in [-0.2, 0) is 18.3 Å². The van der Waals surface area contributed by atoms with E-state index in [1.165, 1.54) is 61.2 Å². The summed E-state index contributed by atoms with van der Waals surface area (Å²) in [4.78, 5) is 14.6. The van der Waals surface area contributed by atoms with Crippen LogP contribution in [0, 0.1) is 0 Å². The van der Waals surface area contributed by atoms with Crippen LogP contribution in [0.3, 0.4) is 0 Å². The van der Waals surface area contributed by atoms with Gasteiger partial charge in [0.15, 0.2) is 17.5 Å². The van der Waals surface area contributed by atoms with E-state index >= 15 is 0 Å². The lowest BCUT2D eigenvalue weighted by molar-refractivity contribution is 0.660. The van der Waals surface area contributed by atoms with Gasteiger partial charge in [-0.25, -0.2) is 15.0 Å². The molecule has 0 amide bonds. The summed E-state index contributed by atoms with van der Waals surface area (Å²) < 4.78 is 0. The smallest absolute Gasteiger partial charge is 0.164 e. The largest absolute Gasteiger partial charge is 0.208 e. The average molecular weight is 680 g/mol. The van der Waals surface area contributed by atoms with Crippen molar-refractivity contribution in [3.63, 3.8) is 0 Å². The van der Waals surface area contributed by atoms with Crippen molar-refractivity contribution in [1.29, 1.82) is 0 Å². The normalized spacial score (nSPS) is 13.5. The van der Waals surface area contributed by atoms with Crippen molar-refractivity contribution in [3.05, 3.63) is 186 Å². The maximum Gasteiger partial charge on any atom is 0.164 e. The van der Waals surface area contributed by atoms with Crippen LogP contribution in [0.1, 0.15) is 36.1 Å². The van der Waals surface area contributed by atoms with E-state index in [9.17, 15) is 0 Å². The van der Waals surface area contributed by atoms with Crippen LogP contribution in [0.2, 0.25) is 0 Å². The lowest BCUT2D eigenvalue weighted by Crippen LogP contribution is -2.18. The lowest BCUT2D eigenvalue weighted by atomic mass is 9.74. The summed E-state index contributed by atoms with van der Waals surface area (Å²) in [5.41, 5.74) is 19.0. The van der Waals surface area contributed by atoms with Crippen LogP contribution in [0.5, 0.6) is 0 Å². The summed E-state index contributed by atoms with van der Waals surface area (Å²) >= 11 is 0. The third-order valence-electron chi connectivity index (χ3n) is 11.2. The van der Waals surface area contributed by atoms with Crippen LogP contribution in [0.4, 0.5) is 0 Å². The molecule has 0 saturated heterocycles. The molecular weight excluding hydrogens is 643 g/mol. The molecule has 0 fully saturated rings. The van der Waals surface area contributed by atoms with Crippen molar-refractivity contribution in [1.82, 2.24) is 15.0 Å². The van der Waals surface area contributed by atoms with Gasteiger partial charge in [-0.05, 0) is 85.7 Å². The number of nitrogens with zero attached hydrogens (tertiary/aromatic N) is 3. The quantitative estimate of drug-likeness (QED) is 0.182. The number of benzene rings is 7. The first kappa shape index (κ1) is 31.3. The standard InChI is InChI=1S/C50H37N3/c1-50(2)44-31-40(28-29-42(44)43-30-27-36-24-23-35-11-9-10-16-41(35)45(36)46(43)50)34-19-17-32(18-20-34)33-21-25-39(26-22-33)49-52-47(37-12-5-3-6-13-37)51-48(53-49)38-14-7-4-8-15-38/h3-22,25-31H,23-24H2,1-2H3. The second-order valence-electron chi connectivity index (χ2n) is 14.8. The van der Waals surface area contributed by atoms with Crippen molar-refractivity contribution < 1.29 is 0 Å². The van der Waals surface area contributed by atoms with Gasteiger partial charge in [-0.3, -0.25) is 0 Å². The Morgan fingerprint density at radius 3 is 1.43 bits per heavy atom. The summed E-state index contributed by atoms with van der Waals surface area (Å²) in [6, 6.07) is 58.5. The first-order valence-electron chi connectivity index (χ1n) is 18.5. The predicted molar refractivity (Wildman–Crippen MR) is 217 cm³/mol. The van der Waals surface area contributed by atoms with Gasteiger partial charge in [0.05, 0.1) is 0 Å². The summed E-state index contributed by atoms with van der Waals surface area (Å²) in [7, 11) is 0. The molecule has 2 aliphatic carbocycles. The second-order valence-corrected chi connectivity index (χ2v) is 14.8. The van der Waals surface area contributed by atoms with E-state index in [0.29, 0.717) is 17.5 Å². The van der Waals surface area contributed by atoms with Crippen LogP contribution >= 0.6 is 0 Å². The van der Waals surface area contributed by atoms with Gasteiger partial charge >= 0.3 is 0 Å². The molecular formula is C50H37N3. The Morgan fingerprint density at radius 2 is 0.830 bits per heavy atom. The first-order chi connectivity index (χ1) is 26.0. The van der Waals surface area contributed by atoms with Gasteiger partial charge in [0.25, 0.3) is 0 Å². The van der Waals surface area contributed by atoms with E-state index in [2.05, 4.69) is 117 Å². The molecule has 0 saturated carbocycles. The fourth-order valence-electron chi connectivity index (χ4n) is 8.50. The zero-order valence-electron chi connectivity index (χ0n) is 29.8. The van der Waals surface area contributed by atoms with Crippen LogP contribution in [-0.4, -0.2) is 15.0 Å². The highest BCUT2D eigenvalue weighted by Gasteiger charge is 2.39. The minimum absolute atomic E-state index is 0.0968. The van der Waals surface area contributed by atoms with E-state index in [1.54, 1.807) is 0 Å². The zero-order chi connectivity index (χ0) is 35.5. The van der Waals surface area contributed by atoms with Gasteiger partial charge in [-0.1, -0.05) is 172 Å². The van der Waals surface area contributed by atoms with Gasteiger partial charge in [-0.2, -0.15) is 0 Å². The van der Waals surface area contributed by atoms with Crippen LogP contribution in [0.25, 0.3) is 78.7 Å². The molecule has 0 bridgehead atoms. The van der Waals surface area contributed by atoms with Gasteiger partial charge in [0.1, 0.15) is 0 Å². The van der Waals surface area contributed by atoms with Crippen LogP contribution < -0.4 is 0 Å². The van der Waals surface area contributed by atoms with Crippen molar-refractivity contribution >= 4 is 0 Å². The Balaban J connectivity index is 0.948. The molecule has 0 radical (unpaired) electrons. The van der Waals surface area contributed by atoms with Crippen molar-refractivity contribution in [2.75, 3.05) is 0 Å². The van der Waals surface area contributed by atoms with E-state index in [-0.39, 0.29) is 5.41 Å². The van der Waals surface area contributed by atoms with Gasteiger partial charge in [-0.15, -0.1) is 0 Å². The molecule has 0 spiro atoms. The molecule has 1 aromatic heterocycles. The van der Waals surface area contributed by atoms with E-state index in [0.717, 1.165) is 35.1 Å². The fourth-order valence-corrected chi connectivity index (χ4v) is 8.50. The maximum atomic E-state index is 4.90. The molecule has 53 heavy (non-hydrogen) atoms. The Labute approximate surface area is 310 Å². The number of aromatic nitrogens is 3. The molecule has 2 aliphatic rings. The molecule has 252 valence electrons. The molecule has 3 nitrogen and oxygen atoms in total. The lowest BCUT2D eigenvalue weighted by Gasteiger charge is -2.29. The van der Waals surface area contributed by atoms with Gasteiger partial charge < -0.3 is 0 Å². The van der Waals surface area contributed by atoms with E-state index < -0.39 is 0 Å². The number of hydrogen-bond acceptors (Lipinski definition) is 3. The second kappa shape index (κ2) is 12.4. The SMILES string of the molecule is CC1(C)c2cc(-c3ccc(-c4ccc(-c5nc(-c6ccccc6)nc(-c6ccccc6)n5)cc4)cc3)ccc2-c2ccc3c(c21)-c1ccccc1CC3. The van der Waals surface area contributed by atoms with E-state index in [1.807, 2.05) is 60.7 Å². The number of rotatable bonds is 5. The monoisotopic (exact) mass is 679 g/mol. The summed E-state index contributed by atoms with van der Waals surface area (Å²) in [5.74, 6) is 1.99. The molecule has 1 heterocycles. The minimum Gasteiger partial charge on any atom is -0.208 e. The number of aryl methyl sites for hydroxylation is 2. The maximum absolute atomic E-state index is 4.90. The summed E-state index contributed by atoms with van der Waals surface area (Å²) in [6.45, 7) is 4.82. The van der Waals surface area contributed by atoms with Gasteiger partial charge in [0.2, 0.25) is 0 Å². The Hall–Kier alpha value is -6.45. The molecule has 0 atom stereocenters. The third-order valence-corrected chi connectivity index (χ3v) is 11.2. The van der Waals surface area contributed by atoms with Crippen LogP contribution in [0.15, 0.2) is 164 Å². The summed E-state index contributed by atoms with van der Waals surface area (Å²) in [5, 5.41) is 0. The number of fused-ring (bicyclic) bond motifs is 7. The van der Waals surface area contributed by atoms with Crippen molar-refractivity contribution in [2.24, 2.45) is 0 Å². The van der Waals surface area contributed by atoms with Crippen molar-refractivity contribution in [3.8, 4) is 78.7 Å². The molecule has 0 aliphatic heterocycles. The zero-order valence-corrected chi connectivity index (χ0v) is 29.8. The first-order valence-corrected chi connectivity index (χ1v) is 18.5. The Bertz CT molecular complexity index is 2600. The average Bonchev–Trinajstić information content (AvgIpc) is 3.46. The van der Waals surface area contributed by atoms with E-state index in [4.69, 9.17) is 15.0 Å². The Morgan fingerprint density at radius 1 is 0.377 bits per heavy atom. The molecule has 10 rings (SSSR count). The molecule has 8 aromatic rings. The molecule has 0 N–H and O–H groups in total. The van der Waals surface area contributed by atoms with Crippen molar-refractivity contribution in [2.45, 2.75) is 32.1 Å². The van der Waals surface area contributed by atoms with Gasteiger partial charge in [0, 0.05) is 22.1 Å². The molecule has 3 heteroatoms. The highest BCUT2D eigenvalue weighted by atomic mass is 15.0. The molecule has 7 aromatic carbocycles. The third kappa shape index (κ3) is 5.31.